The summed E-state index contributed by atoms with van der Waals surface area (Å²) in [6, 6.07) is 19.4. The molecule has 0 radical (unpaired) electrons. The van der Waals surface area contributed by atoms with Gasteiger partial charge in [-0.1, -0.05) is 60.7 Å². The molecule has 0 aliphatic heterocycles. The quantitative estimate of drug-likeness (QED) is 0.846. The summed E-state index contributed by atoms with van der Waals surface area (Å²) in [6.45, 7) is -0.0229. The maximum atomic E-state index is 10.3. The Morgan fingerprint density at radius 3 is 1.94 bits per heavy atom. The Kier molecular flexibility index (Phi) is 4.51. The van der Waals surface area contributed by atoms with Crippen LogP contribution in [0.2, 0.25) is 0 Å². The lowest BCUT2D eigenvalue weighted by molar-refractivity contribution is 0.0669. The van der Waals surface area contributed by atoms with Crippen molar-refractivity contribution < 1.29 is 10.2 Å². The van der Waals surface area contributed by atoms with Crippen molar-refractivity contribution in [2.24, 2.45) is 5.92 Å². The number of hydrogen-bond donors (Lipinski definition) is 2. The Hall–Kier alpha value is -1.64. The van der Waals surface area contributed by atoms with E-state index in [-0.39, 0.29) is 12.5 Å². The maximum Gasteiger partial charge on any atom is 0.0843 e. The van der Waals surface area contributed by atoms with E-state index in [9.17, 15) is 10.2 Å². The van der Waals surface area contributed by atoms with Crippen LogP contribution in [0.1, 0.15) is 17.2 Å². The Bertz CT molecular complexity index is 453. The van der Waals surface area contributed by atoms with E-state index < -0.39 is 6.10 Å². The first-order valence-electron chi connectivity index (χ1n) is 6.19. The minimum Gasteiger partial charge on any atom is -0.396 e. The second-order valence-corrected chi connectivity index (χ2v) is 4.49. The van der Waals surface area contributed by atoms with Crippen molar-refractivity contribution in [2.75, 3.05) is 6.61 Å². The third kappa shape index (κ3) is 3.19. The van der Waals surface area contributed by atoms with Gasteiger partial charge < -0.3 is 10.2 Å². The van der Waals surface area contributed by atoms with Crippen LogP contribution in [0, 0.1) is 5.92 Å². The summed E-state index contributed by atoms with van der Waals surface area (Å²) in [5.74, 6) is -0.171. The monoisotopic (exact) mass is 242 g/mol. The summed E-state index contributed by atoms with van der Waals surface area (Å²) in [6.07, 6.45) is 0.0457. The van der Waals surface area contributed by atoms with Gasteiger partial charge in [0.2, 0.25) is 0 Å². The molecule has 0 heterocycles. The van der Waals surface area contributed by atoms with E-state index in [1.807, 2.05) is 60.7 Å². The average molecular weight is 242 g/mol. The van der Waals surface area contributed by atoms with Gasteiger partial charge in [0.25, 0.3) is 0 Å². The summed E-state index contributed by atoms with van der Waals surface area (Å²) in [7, 11) is 0. The fourth-order valence-electron chi connectivity index (χ4n) is 2.12. The van der Waals surface area contributed by atoms with Gasteiger partial charge in [-0.3, -0.25) is 0 Å². The maximum absolute atomic E-state index is 10.3. The van der Waals surface area contributed by atoms with Gasteiger partial charge in [-0.2, -0.15) is 0 Å². The van der Waals surface area contributed by atoms with Crippen LogP contribution in [0.3, 0.4) is 0 Å². The molecule has 0 aliphatic carbocycles. The van der Waals surface area contributed by atoms with E-state index in [4.69, 9.17) is 0 Å². The van der Waals surface area contributed by atoms with Gasteiger partial charge in [0.1, 0.15) is 0 Å². The van der Waals surface area contributed by atoms with E-state index in [0.717, 1.165) is 11.1 Å². The van der Waals surface area contributed by atoms with Crippen molar-refractivity contribution >= 4 is 0 Å². The highest BCUT2D eigenvalue weighted by Crippen LogP contribution is 2.24. The Morgan fingerprint density at radius 1 is 0.833 bits per heavy atom. The van der Waals surface area contributed by atoms with Gasteiger partial charge in [-0.25, -0.2) is 0 Å². The molecule has 18 heavy (non-hydrogen) atoms. The molecule has 2 nitrogen and oxygen atoms in total. The molecular weight excluding hydrogens is 224 g/mol. The fourth-order valence-corrected chi connectivity index (χ4v) is 2.12. The van der Waals surface area contributed by atoms with Crippen LogP contribution in [0.4, 0.5) is 0 Å². The van der Waals surface area contributed by atoms with Crippen molar-refractivity contribution in [3.8, 4) is 0 Å². The molecular formula is C16H18O2. The van der Waals surface area contributed by atoms with E-state index in [0.29, 0.717) is 6.42 Å². The third-order valence-corrected chi connectivity index (χ3v) is 3.16. The number of aliphatic hydroxyl groups is 2. The lowest BCUT2D eigenvalue weighted by Gasteiger charge is -2.21. The number of aliphatic hydroxyl groups excluding tert-OH is 2. The van der Waals surface area contributed by atoms with E-state index >= 15 is 0 Å². The highest BCUT2D eigenvalue weighted by molar-refractivity contribution is 5.20. The molecule has 0 bridgehead atoms. The minimum atomic E-state index is -0.628. The van der Waals surface area contributed by atoms with Crippen LogP contribution in [-0.4, -0.2) is 16.8 Å². The van der Waals surface area contributed by atoms with Crippen molar-refractivity contribution in [3.05, 3.63) is 71.8 Å². The molecule has 0 aromatic heterocycles. The van der Waals surface area contributed by atoms with Crippen molar-refractivity contribution in [1.82, 2.24) is 0 Å². The standard InChI is InChI=1S/C16H18O2/c17-12-15(11-13-7-3-1-4-8-13)16(18)14-9-5-2-6-10-14/h1-10,15-18H,11-12H2. The van der Waals surface area contributed by atoms with Crippen LogP contribution in [0.25, 0.3) is 0 Å². The van der Waals surface area contributed by atoms with Gasteiger partial charge >= 0.3 is 0 Å². The zero-order chi connectivity index (χ0) is 12.8. The fraction of sp³-hybridized carbons (Fsp3) is 0.250. The first kappa shape index (κ1) is 12.8. The molecule has 2 unspecified atom stereocenters. The highest BCUT2D eigenvalue weighted by Gasteiger charge is 2.20. The number of benzene rings is 2. The van der Waals surface area contributed by atoms with Crippen LogP contribution in [-0.2, 0) is 6.42 Å². The number of hydrogen-bond acceptors (Lipinski definition) is 2. The molecule has 0 saturated carbocycles. The summed E-state index contributed by atoms with van der Waals surface area (Å²) in [5.41, 5.74) is 1.99. The topological polar surface area (TPSA) is 40.5 Å². The normalized spacial score (nSPS) is 14.1. The van der Waals surface area contributed by atoms with E-state index in [1.165, 1.54) is 0 Å². The zero-order valence-corrected chi connectivity index (χ0v) is 10.2. The largest absolute Gasteiger partial charge is 0.396 e. The van der Waals surface area contributed by atoms with Crippen molar-refractivity contribution in [3.63, 3.8) is 0 Å². The summed E-state index contributed by atoms with van der Waals surface area (Å²) >= 11 is 0. The first-order chi connectivity index (χ1) is 8.81. The molecule has 2 aromatic rings. The molecule has 2 N–H and O–H groups in total. The number of rotatable bonds is 5. The van der Waals surface area contributed by atoms with Gasteiger partial charge in [-0.05, 0) is 17.5 Å². The second-order valence-electron chi connectivity index (χ2n) is 4.49. The molecule has 2 atom stereocenters. The lowest BCUT2D eigenvalue weighted by atomic mass is 9.90. The van der Waals surface area contributed by atoms with Gasteiger partial charge in [0, 0.05) is 12.5 Å². The molecule has 0 spiro atoms. The third-order valence-electron chi connectivity index (χ3n) is 3.16. The zero-order valence-electron chi connectivity index (χ0n) is 10.2. The molecule has 0 fully saturated rings. The summed E-state index contributed by atoms with van der Waals surface area (Å²) in [4.78, 5) is 0. The van der Waals surface area contributed by atoms with Crippen molar-refractivity contribution in [1.29, 1.82) is 0 Å². The van der Waals surface area contributed by atoms with E-state index in [2.05, 4.69) is 0 Å². The highest BCUT2D eigenvalue weighted by atomic mass is 16.3. The van der Waals surface area contributed by atoms with Crippen LogP contribution < -0.4 is 0 Å². The minimum absolute atomic E-state index is 0.0229. The van der Waals surface area contributed by atoms with Crippen LogP contribution in [0.15, 0.2) is 60.7 Å². The van der Waals surface area contributed by atoms with Gasteiger partial charge in [0.05, 0.1) is 6.10 Å². The smallest absolute Gasteiger partial charge is 0.0843 e. The van der Waals surface area contributed by atoms with Gasteiger partial charge in [-0.15, -0.1) is 0 Å². The first-order valence-corrected chi connectivity index (χ1v) is 6.19. The molecule has 2 rings (SSSR count). The Morgan fingerprint density at radius 2 is 1.39 bits per heavy atom. The SMILES string of the molecule is OCC(Cc1ccccc1)C(O)c1ccccc1. The lowest BCUT2D eigenvalue weighted by Crippen LogP contribution is -2.19. The Labute approximate surface area is 108 Å². The molecule has 2 aromatic carbocycles. The van der Waals surface area contributed by atoms with Crippen LogP contribution in [0.5, 0.6) is 0 Å². The average Bonchev–Trinajstić information content (AvgIpc) is 2.46. The van der Waals surface area contributed by atoms with Crippen molar-refractivity contribution in [2.45, 2.75) is 12.5 Å². The summed E-state index contributed by atoms with van der Waals surface area (Å²) in [5, 5.41) is 19.7. The molecule has 2 heteroatoms. The second kappa shape index (κ2) is 6.34. The van der Waals surface area contributed by atoms with Crippen LogP contribution >= 0.6 is 0 Å². The molecule has 94 valence electrons. The molecule has 0 aliphatic rings. The van der Waals surface area contributed by atoms with E-state index in [1.54, 1.807) is 0 Å². The Balaban J connectivity index is 2.09. The predicted molar refractivity (Wildman–Crippen MR) is 72.1 cm³/mol. The molecule has 0 amide bonds. The van der Waals surface area contributed by atoms with Gasteiger partial charge in [0.15, 0.2) is 0 Å². The molecule has 0 saturated heterocycles. The summed E-state index contributed by atoms with van der Waals surface area (Å²) < 4.78 is 0. The predicted octanol–water partition coefficient (Wildman–Crippen LogP) is 2.57.